The number of rotatable bonds is 6. The lowest BCUT2D eigenvalue weighted by Gasteiger charge is -2.36. The average molecular weight is 426 g/mol. The van der Waals surface area contributed by atoms with Gasteiger partial charge < -0.3 is 20.4 Å². The van der Waals surface area contributed by atoms with Gasteiger partial charge >= 0.3 is 0 Å². The molecule has 0 spiro atoms. The van der Waals surface area contributed by atoms with E-state index in [0.29, 0.717) is 5.96 Å². The van der Waals surface area contributed by atoms with Crippen LogP contribution >= 0.6 is 0 Å². The second-order valence-corrected chi connectivity index (χ2v) is 8.15. The third kappa shape index (κ3) is 5.77. The number of aryl methyl sites for hydroxylation is 2. The maximum absolute atomic E-state index is 12.7. The first-order valence-electron chi connectivity index (χ1n) is 10.9. The van der Waals surface area contributed by atoms with Gasteiger partial charge in [-0.1, -0.05) is 18.2 Å². The zero-order valence-corrected chi connectivity index (χ0v) is 19.4. The molecule has 168 valence electrons. The quantitative estimate of drug-likeness (QED) is 0.542. The summed E-state index contributed by atoms with van der Waals surface area (Å²) in [5.41, 5.74) is 4.70. The molecular weight excluding hydrogens is 390 g/mol. The molecule has 0 bridgehead atoms. The standard InChI is InChI=1S/C23H35N7O/c1-17(15-21-18(2)27-28(5)19(21)3)26-23(24-4)25-16-22(31)30-13-11-29(12-14-30)20-9-7-6-8-10-20/h6-10,17H,11-16H2,1-5H3,(H2,24,25,26). The van der Waals surface area contributed by atoms with Gasteiger partial charge in [0.15, 0.2) is 5.96 Å². The Hall–Kier alpha value is -3.03. The number of benzene rings is 1. The van der Waals surface area contributed by atoms with Gasteiger partial charge in [0.25, 0.3) is 0 Å². The number of para-hydroxylation sites is 1. The van der Waals surface area contributed by atoms with E-state index in [-0.39, 0.29) is 18.5 Å². The van der Waals surface area contributed by atoms with Crippen molar-refractivity contribution in [2.45, 2.75) is 33.2 Å². The zero-order chi connectivity index (χ0) is 22.4. The minimum Gasteiger partial charge on any atom is -0.368 e. The minimum absolute atomic E-state index is 0.0993. The summed E-state index contributed by atoms with van der Waals surface area (Å²) >= 11 is 0. The first kappa shape index (κ1) is 22.7. The molecule has 0 radical (unpaired) electrons. The number of piperazine rings is 1. The summed E-state index contributed by atoms with van der Waals surface area (Å²) in [4.78, 5) is 21.2. The molecule has 0 aliphatic carbocycles. The summed E-state index contributed by atoms with van der Waals surface area (Å²) in [7, 11) is 3.70. The van der Waals surface area contributed by atoms with Gasteiger partial charge in [-0.3, -0.25) is 14.5 Å². The Morgan fingerprint density at radius 2 is 1.84 bits per heavy atom. The molecule has 1 aliphatic rings. The van der Waals surface area contributed by atoms with E-state index in [2.05, 4.69) is 51.6 Å². The van der Waals surface area contributed by atoms with Crippen LogP contribution in [0.3, 0.4) is 0 Å². The van der Waals surface area contributed by atoms with Gasteiger partial charge in [0, 0.05) is 57.7 Å². The van der Waals surface area contributed by atoms with Gasteiger partial charge in [-0.25, -0.2) is 0 Å². The number of nitrogens with zero attached hydrogens (tertiary/aromatic N) is 5. The summed E-state index contributed by atoms with van der Waals surface area (Å²) in [6, 6.07) is 10.5. The van der Waals surface area contributed by atoms with E-state index in [0.717, 1.165) is 38.3 Å². The van der Waals surface area contributed by atoms with Gasteiger partial charge in [0.05, 0.1) is 12.2 Å². The second-order valence-electron chi connectivity index (χ2n) is 8.15. The lowest BCUT2D eigenvalue weighted by Crippen LogP contribution is -2.52. The van der Waals surface area contributed by atoms with Crippen LogP contribution in [0.2, 0.25) is 0 Å². The smallest absolute Gasteiger partial charge is 0.242 e. The number of aliphatic imine (C=N–C) groups is 1. The number of hydrogen-bond donors (Lipinski definition) is 2. The van der Waals surface area contributed by atoms with Crippen LogP contribution in [-0.4, -0.2) is 72.4 Å². The van der Waals surface area contributed by atoms with E-state index in [1.54, 1.807) is 7.05 Å². The molecular formula is C23H35N7O. The number of guanidine groups is 1. The topological polar surface area (TPSA) is 77.8 Å². The Kier molecular flexibility index (Phi) is 7.55. The van der Waals surface area contributed by atoms with Crippen molar-refractivity contribution >= 4 is 17.6 Å². The van der Waals surface area contributed by atoms with Crippen molar-refractivity contribution in [3.8, 4) is 0 Å². The summed E-state index contributed by atoms with van der Waals surface area (Å²) in [6.07, 6.45) is 0.849. The Labute approximate surface area is 185 Å². The number of nitrogens with one attached hydrogen (secondary N) is 2. The fourth-order valence-corrected chi connectivity index (χ4v) is 4.02. The van der Waals surface area contributed by atoms with Crippen LogP contribution in [0.15, 0.2) is 35.3 Å². The molecule has 31 heavy (non-hydrogen) atoms. The highest BCUT2D eigenvalue weighted by molar-refractivity contribution is 5.86. The molecule has 3 rings (SSSR count). The Morgan fingerprint density at radius 3 is 2.42 bits per heavy atom. The molecule has 1 aromatic carbocycles. The van der Waals surface area contributed by atoms with E-state index in [4.69, 9.17) is 0 Å². The molecule has 0 saturated carbocycles. The largest absolute Gasteiger partial charge is 0.368 e. The van der Waals surface area contributed by atoms with Gasteiger partial charge in [-0.05, 0) is 44.9 Å². The van der Waals surface area contributed by atoms with Crippen LogP contribution < -0.4 is 15.5 Å². The third-order valence-corrected chi connectivity index (χ3v) is 5.94. The Morgan fingerprint density at radius 1 is 1.16 bits per heavy atom. The molecule has 2 N–H and O–H groups in total. The number of carbonyl (C=O) groups excluding carboxylic acids is 1. The third-order valence-electron chi connectivity index (χ3n) is 5.94. The molecule has 2 heterocycles. The number of anilines is 1. The lowest BCUT2D eigenvalue weighted by molar-refractivity contribution is -0.130. The van der Waals surface area contributed by atoms with Gasteiger partial charge in [0.2, 0.25) is 5.91 Å². The van der Waals surface area contributed by atoms with E-state index in [1.807, 2.05) is 41.8 Å². The minimum atomic E-state index is 0.0993. The molecule has 1 amide bonds. The molecule has 1 unspecified atom stereocenters. The fourth-order valence-electron chi connectivity index (χ4n) is 4.02. The highest BCUT2D eigenvalue weighted by Crippen LogP contribution is 2.16. The van der Waals surface area contributed by atoms with Gasteiger partial charge in [-0.2, -0.15) is 5.10 Å². The highest BCUT2D eigenvalue weighted by atomic mass is 16.2. The molecule has 1 aromatic heterocycles. The fraction of sp³-hybridized carbons (Fsp3) is 0.522. The van der Waals surface area contributed by atoms with E-state index in [1.165, 1.54) is 16.9 Å². The number of carbonyl (C=O) groups is 1. The van der Waals surface area contributed by atoms with Crippen molar-refractivity contribution in [2.24, 2.45) is 12.0 Å². The Bertz CT molecular complexity index is 898. The Balaban J connectivity index is 1.44. The number of amides is 1. The van der Waals surface area contributed by atoms with Crippen LogP contribution in [0.1, 0.15) is 23.9 Å². The average Bonchev–Trinajstić information content (AvgIpc) is 3.03. The van der Waals surface area contributed by atoms with E-state index >= 15 is 0 Å². The molecule has 8 nitrogen and oxygen atoms in total. The van der Waals surface area contributed by atoms with Crippen LogP contribution in [-0.2, 0) is 18.3 Å². The maximum atomic E-state index is 12.7. The number of aromatic nitrogens is 2. The molecule has 8 heteroatoms. The molecule has 1 aliphatic heterocycles. The monoisotopic (exact) mass is 425 g/mol. The molecule has 1 atom stereocenters. The SMILES string of the molecule is CN=C(NCC(=O)N1CCN(c2ccccc2)CC1)NC(C)Cc1c(C)nn(C)c1C. The maximum Gasteiger partial charge on any atom is 0.242 e. The summed E-state index contributed by atoms with van der Waals surface area (Å²) in [6.45, 7) is 9.65. The van der Waals surface area contributed by atoms with Crippen molar-refractivity contribution in [2.75, 3.05) is 44.7 Å². The predicted molar refractivity (Wildman–Crippen MR) is 126 cm³/mol. The van der Waals surface area contributed by atoms with Crippen molar-refractivity contribution in [3.05, 3.63) is 47.3 Å². The molecule has 2 aromatic rings. The second kappa shape index (κ2) is 10.3. The molecule has 1 fully saturated rings. The van der Waals surface area contributed by atoms with Crippen molar-refractivity contribution in [3.63, 3.8) is 0 Å². The van der Waals surface area contributed by atoms with Gasteiger partial charge in [0.1, 0.15) is 0 Å². The lowest BCUT2D eigenvalue weighted by atomic mass is 10.1. The summed E-state index contributed by atoms with van der Waals surface area (Å²) in [5.74, 6) is 0.741. The predicted octanol–water partition coefficient (Wildman–Crippen LogP) is 1.48. The van der Waals surface area contributed by atoms with E-state index < -0.39 is 0 Å². The summed E-state index contributed by atoms with van der Waals surface area (Å²) in [5, 5.41) is 11.1. The van der Waals surface area contributed by atoms with Crippen LogP contribution in [0.25, 0.3) is 0 Å². The number of hydrogen-bond acceptors (Lipinski definition) is 4. The van der Waals surface area contributed by atoms with Crippen molar-refractivity contribution in [1.82, 2.24) is 25.3 Å². The normalized spacial score (nSPS) is 15.7. The van der Waals surface area contributed by atoms with E-state index in [9.17, 15) is 4.79 Å². The zero-order valence-electron chi connectivity index (χ0n) is 19.4. The summed E-state index contributed by atoms with van der Waals surface area (Å²) < 4.78 is 1.92. The van der Waals surface area contributed by atoms with Crippen LogP contribution in [0, 0.1) is 13.8 Å². The van der Waals surface area contributed by atoms with Crippen LogP contribution in [0.4, 0.5) is 5.69 Å². The first-order valence-corrected chi connectivity index (χ1v) is 10.9. The van der Waals surface area contributed by atoms with Crippen LogP contribution in [0.5, 0.6) is 0 Å². The van der Waals surface area contributed by atoms with Crippen molar-refractivity contribution < 1.29 is 4.79 Å². The van der Waals surface area contributed by atoms with Crippen molar-refractivity contribution in [1.29, 1.82) is 0 Å². The highest BCUT2D eigenvalue weighted by Gasteiger charge is 2.21. The van der Waals surface area contributed by atoms with Gasteiger partial charge in [-0.15, -0.1) is 0 Å². The molecule has 1 saturated heterocycles. The first-order chi connectivity index (χ1) is 14.9.